The summed E-state index contributed by atoms with van der Waals surface area (Å²) in [6.07, 6.45) is 0.549. The molecule has 0 saturated heterocycles. The van der Waals surface area contributed by atoms with E-state index in [0.717, 1.165) is 16.7 Å². The number of aryl methyl sites for hydroxylation is 1. The van der Waals surface area contributed by atoms with E-state index in [1.807, 2.05) is 42.5 Å². The number of nitrogens with zero attached hydrogens (tertiary/aromatic N) is 2. The Kier molecular flexibility index (Phi) is 6.36. The number of amides is 2. The zero-order valence-corrected chi connectivity index (χ0v) is 17.5. The summed E-state index contributed by atoms with van der Waals surface area (Å²) in [5, 5.41) is 9.52. The van der Waals surface area contributed by atoms with E-state index < -0.39 is 0 Å². The molecule has 0 aliphatic carbocycles. The maximum absolute atomic E-state index is 12.2. The smallest absolute Gasteiger partial charge is 0.227 e. The van der Waals surface area contributed by atoms with Crippen molar-refractivity contribution >= 4 is 23.2 Å². The number of carbonyl (C=O) groups excluding carboxylic acids is 2. The van der Waals surface area contributed by atoms with Crippen LogP contribution in [-0.2, 0) is 16.0 Å². The van der Waals surface area contributed by atoms with Crippen molar-refractivity contribution in [1.29, 1.82) is 0 Å². The maximum Gasteiger partial charge on any atom is 0.227 e. The lowest BCUT2D eigenvalue weighted by atomic mass is 10.0. The number of aromatic nitrogens is 2. The zero-order valence-electron chi connectivity index (χ0n) is 17.5. The summed E-state index contributed by atoms with van der Waals surface area (Å²) in [6.45, 7) is 1.44. The Labute approximate surface area is 185 Å². The Morgan fingerprint density at radius 3 is 2.03 bits per heavy atom. The third kappa shape index (κ3) is 5.46. The van der Waals surface area contributed by atoms with E-state index in [4.69, 9.17) is 4.52 Å². The molecule has 0 saturated carbocycles. The minimum Gasteiger partial charge on any atom is -0.339 e. The van der Waals surface area contributed by atoms with Crippen LogP contribution in [0.3, 0.4) is 0 Å². The molecule has 7 nitrogen and oxygen atoms in total. The van der Waals surface area contributed by atoms with Gasteiger partial charge in [0.1, 0.15) is 0 Å². The number of carbonyl (C=O) groups is 2. The molecular weight excluding hydrogens is 404 g/mol. The minimum atomic E-state index is -0.163. The molecule has 1 aromatic heterocycles. The second-order valence-electron chi connectivity index (χ2n) is 7.26. The molecule has 2 amide bonds. The van der Waals surface area contributed by atoms with Gasteiger partial charge in [0.25, 0.3) is 0 Å². The highest BCUT2D eigenvalue weighted by atomic mass is 16.5. The van der Waals surface area contributed by atoms with E-state index >= 15 is 0 Å². The van der Waals surface area contributed by atoms with Crippen molar-refractivity contribution in [2.75, 3.05) is 10.6 Å². The van der Waals surface area contributed by atoms with Crippen LogP contribution < -0.4 is 10.6 Å². The quantitative estimate of drug-likeness (QED) is 0.437. The molecule has 0 spiro atoms. The molecule has 32 heavy (non-hydrogen) atoms. The fourth-order valence-corrected chi connectivity index (χ4v) is 3.20. The van der Waals surface area contributed by atoms with Gasteiger partial charge in [0.15, 0.2) is 0 Å². The normalized spacial score (nSPS) is 10.5. The number of anilines is 2. The van der Waals surface area contributed by atoms with Crippen LogP contribution >= 0.6 is 0 Å². The van der Waals surface area contributed by atoms with Crippen molar-refractivity contribution in [2.24, 2.45) is 0 Å². The van der Waals surface area contributed by atoms with Crippen LogP contribution in [0.2, 0.25) is 0 Å². The highest BCUT2D eigenvalue weighted by Crippen LogP contribution is 2.23. The van der Waals surface area contributed by atoms with Gasteiger partial charge in [-0.1, -0.05) is 59.8 Å². The molecule has 4 rings (SSSR count). The largest absolute Gasteiger partial charge is 0.339 e. The van der Waals surface area contributed by atoms with Gasteiger partial charge in [-0.25, -0.2) is 0 Å². The van der Waals surface area contributed by atoms with Crippen molar-refractivity contribution in [2.45, 2.75) is 19.8 Å². The maximum atomic E-state index is 12.2. The average molecular weight is 426 g/mol. The van der Waals surface area contributed by atoms with Gasteiger partial charge in [0, 0.05) is 36.7 Å². The zero-order chi connectivity index (χ0) is 22.3. The van der Waals surface area contributed by atoms with Crippen molar-refractivity contribution in [3.63, 3.8) is 0 Å². The third-order valence-corrected chi connectivity index (χ3v) is 4.77. The summed E-state index contributed by atoms with van der Waals surface area (Å²) < 4.78 is 5.31. The highest BCUT2D eigenvalue weighted by Gasteiger charge is 2.11. The Bertz CT molecular complexity index is 1200. The fraction of sp³-hybridized carbons (Fsp3) is 0.120. The predicted octanol–water partition coefficient (Wildman–Crippen LogP) is 4.93. The van der Waals surface area contributed by atoms with Gasteiger partial charge in [0.2, 0.25) is 23.5 Å². The van der Waals surface area contributed by atoms with Gasteiger partial charge < -0.3 is 15.2 Å². The lowest BCUT2D eigenvalue weighted by Gasteiger charge is -2.06. The topological polar surface area (TPSA) is 97.1 Å². The van der Waals surface area contributed by atoms with E-state index in [1.165, 1.54) is 6.92 Å². The summed E-state index contributed by atoms with van der Waals surface area (Å²) in [5.74, 6) is 0.592. The first-order chi connectivity index (χ1) is 15.6. The van der Waals surface area contributed by atoms with Gasteiger partial charge in [-0.05, 0) is 35.4 Å². The molecule has 0 aliphatic heterocycles. The molecular formula is C25H22N4O3. The molecule has 160 valence electrons. The first-order valence-electron chi connectivity index (χ1n) is 10.2. The Hall–Kier alpha value is -4.26. The van der Waals surface area contributed by atoms with Crippen molar-refractivity contribution < 1.29 is 14.1 Å². The van der Waals surface area contributed by atoms with Crippen LogP contribution in [-0.4, -0.2) is 22.0 Å². The number of hydrogen-bond acceptors (Lipinski definition) is 5. The van der Waals surface area contributed by atoms with Crippen LogP contribution in [0.5, 0.6) is 0 Å². The molecule has 0 fully saturated rings. The van der Waals surface area contributed by atoms with Crippen molar-refractivity contribution in [1.82, 2.24) is 10.1 Å². The summed E-state index contributed by atoms with van der Waals surface area (Å²) >= 11 is 0. The molecule has 4 aromatic rings. The van der Waals surface area contributed by atoms with E-state index in [-0.39, 0.29) is 18.2 Å². The summed E-state index contributed by atoms with van der Waals surface area (Å²) in [4.78, 5) is 27.7. The number of rotatable bonds is 7. The molecule has 2 N–H and O–H groups in total. The van der Waals surface area contributed by atoms with Gasteiger partial charge in [-0.2, -0.15) is 4.98 Å². The Balaban J connectivity index is 1.31. The average Bonchev–Trinajstić information content (AvgIpc) is 3.29. The summed E-state index contributed by atoms with van der Waals surface area (Å²) in [5.41, 5.74) is 4.42. The van der Waals surface area contributed by atoms with Crippen LogP contribution in [0, 0.1) is 0 Å². The van der Waals surface area contributed by atoms with E-state index in [0.29, 0.717) is 29.5 Å². The van der Waals surface area contributed by atoms with E-state index in [1.54, 1.807) is 24.3 Å². The molecule has 0 aliphatic rings. The monoisotopic (exact) mass is 426 g/mol. The van der Waals surface area contributed by atoms with Crippen LogP contribution in [0.1, 0.15) is 19.2 Å². The van der Waals surface area contributed by atoms with Crippen molar-refractivity contribution in [3.8, 4) is 22.5 Å². The first-order valence-corrected chi connectivity index (χ1v) is 10.2. The Morgan fingerprint density at radius 1 is 0.781 bits per heavy atom. The highest BCUT2D eigenvalue weighted by molar-refractivity contribution is 5.92. The molecule has 3 aromatic carbocycles. The number of benzene rings is 3. The minimum absolute atomic E-state index is 0.146. The van der Waals surface area contributed by atoms with Gasteiger partial charge in [-0.3, -0.25) is 9.59 Å². The first kappa shape index (κ1) is 21.0. The van der Waals surface area contributed by atoms with Gasteiger partial charge in [-0.15, -0.1) is 0 Å². The number of nitrogens with one attached hydrogen (secondary N) is 2. The van der Waals surface area contributed by atoms with Crippen LogP contribution in [0.4, 0.5) is 11.4 Å². The van der Waals surface area contributed by atoms with Gasteiger partial charge >= 0.3 is 0 Å². The molecule has 1 heterocycles. The SMILES string of the molecule is CC(=O)Nc1ccc(NC(=O)CCc2nc(-c3ccc(-c4ccccc4)cc3)no2)cc1. The predicted molar refractivity (Wildman–Crippen MR) is 123 cm³/mol. The number of hydrogen-bond donors (Lipinski definition) is 2. The molecule has 0 atom stereocenters. The molecule has 7 heteroatoms. The molecule has 0 radical (unpaired) electrons. The third-order valence-electron chi connectivity index (χ3n) is 4.77. The van der Waals surface area contributed by atoms with Gasteiger partial charge in [0.05, 0.1) is 0 Å². The van der Waals surface area contributed by atoms with Crippen molar-refractivity contribution in [3.05, 3.63) is 84.8 Å². The lowest BCUT2D eigenvalue weighted by molar-refractivity contribution is -0.116. The molecule has 0 unspecified atom stereocenters. The fourth-order valence-electron chi connectivity index (χ4n) is 3.20. The second kappa shape index (κ2) is 9.70. The van der Waals surface area contributed by atoms with Crippen LogP contribution in [0.15, 0.2) is 83.4 Å². The Morgan fingerprint density at radius 2 is 1.38 bits per heavy atom. The molecule has 0 bridgehead atoms. The van der Waals surface area contributed by atoms with Crippen LogP contribution in [0.25, 0.3) is 22.5 Å². The summed E-state index contributed by atoms with van der Waals surface area (Å²) in [7, 11) is 0. The summed E-state index contributed by atoms with van der Waals surface area (Å²) in [6, 6.07) is 25.0. The standard InChI is InChI=1S/C25H22N4O3/c1-17(30)26-21-11-13-22(14-12-21)27-23(31)15-16-24-28-25(29-32-24)20-9-7-19(8-10-20)18-5-3-2-4-6-18/h2-14H,15-16H2,1H3,(H,26,30)(H,27,31). The van der Waals surface area contributed by atoms with E-state index in [2.05, 4.69) is 32.9 Å². The van der Waals surface area contributed by atoms with E-state index in [9.17, 15) is 9.59 Å². The second-order valence-corrected chi connectivity index (χ2v) is 7.26. The lowest BCUT2D eigenvalue weighted by Crippen LogP contribution is -2.12.